The van der Waals surface area contributed by atoms with Crippen LogP contribution in [-0.4, -0.2) is 29.2 Å². The summed E-state index contributed by atoms with van der Waals surface area (Å²) < 4.78 is 5.21. The topological polar surface area (TPSA) is 71.5 Å². The van der Waals surface area contributed by atoms with Crippen molar-refractivity contribution in [2.45, 2.75) is 13.8 Å². The fraction of sp³-hybridized carbons (Fsp3) is 0.333. The molecule has 0 aliphatic rings. The number of carboxylic acids is 1. The number of aliphatic carboxylic acids is 1. The summed E-state index contributed by atoms with van der Waals surface area (Å²) in [6.07, 6.45) is 2.83. The van der Waals surface area contributed by atoms with E-state index < -0.39 is 5.97 Å². The molecule has 0 aromatic carbocycles. The first-order chi connectivity index (χ1) is 8.11. The number of aromatic nitrogens is 1. The molecular weight excluding hydrogens is 220 g/mol. The molecule has 0 fully saturated rings. The van der Waals surface area contributed by atoms with Gasteiger partial charge in [0.2, 0.25) is 5.88 Å². The molecule has 0 unspecified atom stereocenters. The molecule has 0 saturated heterocycles. The van der Waals surface area contributed by atoms with Crippen LogP contribution in [0, 0.1) is 0 Å². The molecule has 0 amide bonds. The number of hydrogen-bond acceptors (Lipinski definition) is 4. The van der Waals surface area contributed by atoms with Gasteiger partial charge in [-0.15, -0.1) is 0 Å². The van der Waals surface area contributed by atoms with Crippen molar-refractivity contribution in [3.05, 3.63) is 30.0 Å². The summed E-state index contributed by atoms with van der Waals surface area (Å²) in [7, 11) is 0. The first kappa shape index (κ1) is 13.0. The Morgan fingerprint density at radius 2 is 2.35 bits per heavy atom. The van der Waals surface area contributed by atoms with Gasteiger partial charge in [0.15, 0.2) is 0 Å². The molecule has 2 N–H and O–H groups in total. The van der Waals surface area contributed by atoms with Gasteiger partial charge < -0.3 is 15.2 Å². The summed E-state index contributed by atoms with van der Waals surface area (Å²) in [5.74, 6) is -0.357. The van der Waals surface area contributed by atoms with E-state index in [1.54, 1.807) is 19.2 Å². The number of pyridine rings is 1. The monoisotopic (exact) mass is 236 g/mol. The van der Waals surface area contributed by atoms with Crippen LogP contribution in [0.15, 0.2) is 30.0 Å². The van der Waals surface area contributed by atoms with Crippen LogP contribution in [0.4, 0.5) is 5.69 Å². The smallest absolute Gasteiger partial charge is 0.328 e. The second-order valence-electron chi connectivity index (χ2n) is 3.50. The summed E-state index contributed by atoms with van der Waals surface area (Å²) in [6.45, 7) is 4.71. The normalized spacial score (nSPS) is 11.1. The van der Waals surface area contributed by atoms with Crippen LogP contribution in [0.2, 0.25) is 0 Å². The van der Waals surface area contributed by atoms with Gasteiger partial charge in [0.05, 0.1) is 18.5 Å². The van der Waals surface area contributed by atoms with Crippen LogP contribution in [0.5, 0.6) is 5.88 Å². The highest BCUT2D eigenvalue weighted by Gasteiger charge is 1.97. The maximum atomic E-state index is 10.4. The molecule has 92 valence electrons. The van der Waals surface area contributed by atoms with Gasteiger partial charge in [-0.25, -0.2) is 9.78 Å². The fourth-order valence-corrected chi connectivity index (χ4v) is 1.22. The molecule has 1 rings (SSSR count). The van der Waals surface area contributed by atoms with Gasteiger partial charge in [-0.1, -0.05) is 0 Å². The van der Waals surface area contributed by atoms with Gasteiger partial charge >= 0.3 is 5.97 Å². The zero-order valence-corrected chi connectivity index (χ0v) is 9.93. The van der Waals surface area contributed by atoms with E-state index in [0.717, 1.165) is 11.3 Å². The standard InChI is InChI=1S/C12H16N2O3/c1-3-17-11-5-4-10(8-14-11)13-7-9(2)6-12(15)16/h4-6,8,13H,3,7H2,1-2H3,(H,15,16)/b9-6+. The zero-order chi connectivity index (χ0) is 12.7. The van der Waals surface area contributed by atoms with Gasteiger partial charge in [0, 0.05) is 18.7 Å². The average molecular weight is 236 g/mol. The van der Waals surface area contributed by atoms with E-state index in [4.69, 9.17) is 9.84 Å². The van der Waals surface area contributed by atoms with Crippen molar-refractivity contribution in [2.75, 3.05) is 18.5 Å². The molecular formula is C12H16N2O3. The number of nitrogens with one attached hydrogen (secondary N) is 1. The van der Waals surface area contributed by atoms with E-state index in [2.05, 4.69) is 10.3 Å². The molecule has 0 aliphatic heterocycles. The second kappa shape index (κ2) is 6.52. The zero-order valence-electron chi connectivity index (χ0n) is 9.93. The molecule has 0 spiro atoms. The molecule has 0 bridgehead atoms. The first-order valence-electron chi connectivity index (χ1n) is 5.34. The first-order valence-corrected chi connectivity index (χ1v) is 5.34. The molecule has 1 heterocycles. The number of anilines is 1. The highest BCUT2D eigenvalue weighted by atomic mass is 16.5. The van der Waals surface area contributed by atoms with Gasteiger partial charge in [-0.05, 0) is 25.5 Å². The lowest BCUT2D eigenvalue weighted by molar-refractivity contribution is -0.131. The van der Waals surface area contributed by atoms with Crippen LogP contribution < -0.4 is 10.1 Å². The van der Waals surface area contributed by atoms with Gasteiger partial charge in [-0.3, -0.25) is 0 Å². The lowest BCUT2D eigenvalue weighted by Crippen LogP contribution is -2.05. The Kier molecular flexibility index (Phi) is 5.00. The van der Waals surface area contributed by atoms with E-state index >= 15 is 0 Å². The third-order valence-electron chi connectivity index (χ3n) is 1.97. The maximum Gasteiger partial charge on any atom is 0.328 e. The third kappa shape index (κ3) is 5.01. The molecule has 0 saturated carbocycles. The van der Waals surface area contributed by atoms with Crippen LogP contribution in [-0.2, 0) is 4.79 Å². The Morgan fingerprint density at radius 1 is 1.59 bits per heavy atom. The highest BCUT2D eigenvalue weighted by molar-refractivity contribution is 5.80. The van der Waals surface area contributed by atoms with Crippen molar-refractivity contribution < 1.29 is 14.6 Å². The minimum Gasteiger partial charge on any atom is -0.478 e. The molecule has 0 radical (unpaired) electrons. The number of nitrogens with zero attached hydrogens (tertiary/aromatic N) is 1. The number of ether oxygens (including phenoxy) is 1. The largest absolute Gasteiger partial charge is 0.478 e. The predicted octanol–water partition coefficient (Wildman–Crippen LogP) is 1.92. The van der Waals surface area contributed by atoms with Gasteiger partial charge in [0.25, 0.3) is 0 Å². The van der Waals surface area contributed by atoms with Crippen LogP contribution in [0.1, 0.15) is 13.8 Å². The Labute approximate surface area is 100 Å². The lowest BCUT2D eigenvalue weighted by atomic mass is 10.2. The fourth-order valence-electron chi connectivity index (χ4n) is 1.22. The predicted molar refractivity (Wildman–Crippen MR) is 65.3 cm³/mol. The number of hydrogen-bond donors (Lipinski definition) is 2. The molecule has 5 heteroatoms. The summed E-state index contributed by atoms with van der Waals surface area (Å²) in [5.41, 5.74) is 1.57. The molecule has 5 nitrogen and oxygen atoms in total. The summed E-state index contributed by atoms with van der Waals surface area (Å²) in [5, 5.41) is 11.6. The molecule has 17 heavy (non-hydrogen) atoms. The minimum atomic E-state index is -0.936. The summed E-state index contributed by atoms with van der Waals surface area (Å²) in [4.78, 5) is 14.5. The highest BCUT2D eigenvalue weighted by Crippen LogP contribution is 2.11. The van der Waals surface area contributed by atoms with E-state index in [0.29, 0.717) is 19.0 Å². The van der Waals surface area contributed by atoms with E-state index in [-0.39, 0.29) is 0 Å². The SMILES string of the molecule is CCOc1ccc(NC/C(C)=C/C(=O)O)cn1. The van der Waals surface area contributed by atoms with Crippen LogP contribution in [0.25, 0.3) is 0 Å². The van der Waals surface area contributed by atoms with Crippen LogP contribution >= 0.6 is 0 Å². The Hall–Kier alpha value is -2.04. The van der Waals surface area contributed by atoms with Gasteiger partial charge in [-0.2, -0.15) is 0 Å². The molecule has 0 atom stereocenters. The number of carbonyl (C=O) groups is 1. The van der Waals surface area contributed by atoms with Crippen molar-refractivity contribution in [3.8, 4) is 5.88 Å². The van der Waals surface area contributed by atoms with E-state index in [1.807, 2.05) is 13.0 Å². The maximum absolute atomic E-state index is 10.4. The lowest BCUT2D eigenvalue weighted by Gasteiger charge is -2.07. The Bertz CT molecular complexity index is 399. The summed E-state index contributed by atoms with van der Waals surface area (Å²) in [6, 6.07) is 3.61. The quantitative estimate of drug-likeness (QED) is 0.738. The van der Waals surface area contributed by atoms with Crippen molar-refractivity contribution >= 4 is 11.7 Å². The number of carboxylic acid groups (broad SMARTS) is 1. The number of rotatable bonds is 6. The molecule has 0 aliphatic carbocycles. The van der Waals surface area contributed by atoms with E-state index in [1.165, 1.54) is 6.08 Å². The Morgan fingerprint density at radius 3 is 2.88 bits per heavy atom. The molecule has 1 aromatic rings. The Balaban J connectivity index is 2.49. The van der Waals surface area contributed by atoms with Gasteiger partial charge in [0.1, 0.15) is 0 Å². The second-order valence-corrected chi connectivity index (χ2v) is 3.50. The van der Waals surface area contributed by atoms with Crippen molar-refractivity contribution in [3.63, 3.8) is 0 Å². The van der Waals surface area contributed by atoms with Crippen molar-refractivity contribution in [2.24, 2.45) is 0 Å². The van der Waals surface area contributed by atoms with E-state index in [9.17, 15) is 4.79 Å². The third-order valence-corrected chi connectivity index (χ3v) is 1.97. The summed E-state index contributed by atoms with van der Waals surface area (Å²) >= 11 is 0. The minimum absolute atomic E-state index is 0.474. The van der Waals surface area contributed by atoms with Crippen molar-refractivity contribution in [1.29, 1.82) is 0 Å². The van der Waals surface area contributed by atoms with Crippen molar-refractivity contribution in [1.82, 2.24) is 4.98 Å². The van der Waals surface area contributed by atoms with Crippen LogP contribution in [0.3, 0.4) is 0 Å². The molecule has 1 aromatic heterocycles. The average Bonchev–Trinajstić information content (AvgIpc) is 2.28.